The van der Waals surface area contributed by atoms with E-state index >= 15 is 0 Å². The molecule has 13 heteroatoms. The Bertz CT molecular complexity index is 1550. The van der Waals surface area contributed by atoms with Crippen molar-refractivity contribution in [2.45, 2.75) is 6.18 Å². The highest BCUT2D eigenvalue weighted by molar-refractivity contribution is 6.32. The van der Waals surface area contributed by atoms with E-state index in [1.165, 1.54) is 29.2 Å². The highest BCUT2D eigenvalue weighted by Crippen LogP contribution is 2.36. The van der Waals surface area contributed by atoms with Crippen LogP contribution < -0.4 is 10.2 Å². The Balaban J connectivity index is 1.44. The quantitative estimate of drug-likeness (QED) is 0.381. The second kappa shape index (κ2) is 10.1. The lowest BCUT2D eigenvalue weighted by Crippen LogP contribution is -2.41. The van der Waals surface area contributed by atoms with Crippen molar-refractivity contribution in [1.29, 1.82) is 5.26 Å². The number of alkyl halides is 3. The molecule has 0 aliphatic carbocycles. The average molecular weight is 540 g/mol. The molecule has 3 heterocycles. The predicted octanol–water partition coefficient (Wildman–Crippen LogP) is 4.98. The van der Waals surface area contributed by atoms with E-state index in [1.54, 1.807) is 35.2 Å². The molecular formula is C25H17ClF3N7O2. The third-order valence-electron chi connectivity index (χ3n) is 5.70. The van der Waals surface area contributed by atoms with Gasteiger partial charge in [0.15, 0.2) is 0 Å². The number of anilines is 3. The number of nitrogens with zero attached hydrogens (tertiary/aromatic N) is 6. The Morgan fingerprint density at radius 1 is 1.13 bits per heavy atom. The van der Waals surface area contributed by atoms with Gasteiger partial charge in [0.1, 0.15) is 29.9 Å². The van der Waals surface area contributed by atoms with Crippen molar-refractivity contribution in [3.8, 4) is 23.1 Å². The number of imidazole rings is 1. The fourth-order valence-electron chi connectivity index (χ4n) is 3.85. The number of ether oxygens (including phenoxy) is 1. The van der Waals surface area contributed by atoms with Crippen molar-refractivity contribution in [1.82, 2.24) is 19.5 Å². The molecule has 1 aliphatic heterocycles. The smallest absolute Gasteiger partial charge is 0.370 e. The standard InChI is InChI=1S/C25H17ClF3N7O2/c26-19-9-15(10-30)1-6-21(19)35-12-20(32-14-35)23-18(25(27,28)29)11-31-24(34-23)33-16-2-4-17(5-3-16)36-7-8-38-13-22(36)37/h1-6,9,11-12,14H,7-8,13H2,(H,31,33,34). The molecule has 1 amide bonds. The van der Waals surface area contributed by atoms with Crippen molar-refractivity contribution in [3.63, 3.8) is 0 Å². The molecule has 9 nitrogen and oxygen atoms in total. The summed E-state index contributed by atoms with van der Waals surface area (Å²) in [5.41, 5.74) is 0.428. The van der Waals surface area contributed by atoms with E-state index < -0.39 is 17.4 Å². The SMILES string of the molecule is N#Cc1ccc(-n2cnc(-c3nc(Nc4ccc(N5CCOCC5=O)cc4)ncc3C(F)(F)F)c2)c(Cl)c1. The lowest BCUT2D eigenvalue weighted by atomic mass is 10.2. The minimum Gasteiger partial charge on any atom is -0.370 e. The van der Waals surface area contributed by atoms with Crippen LogP contribution in [0.15, 0.2) is 61.2 Å². The molecule has 0 atom stereocenters. The van der Waals surface area contributed by atoms with Gasteiger partial charge in [-0.1, -0.05) is 11.6 Å². The van der Waals surface area contributed by atoms with Crippen LogP contribution in [-0.4, -0.2) is 45.2 Å². The van der Waals surface area contributed by atoms with Gasteiger partial charge < -0.3 is 19.5 Å². The summed E-state index contributed by atoms with van der Waals surface area (Å²) in [5, 5.41) is 12.1. The maximum Gasteiger partial charge on any atom is 0.420 e. The van der Waals surface area contributed by atoms with Crippen molar-refractivity contribution in [2.75, 3.05) is 30.0 Å². The van der Waals surface area contributed by atoms with Gasteiger partial charge in [0, 0.05) is 30.3 Å². The number of hydrogen-bond donors (Lipinski definition) is 1. The van der Waals surface area contributed by atoms with Gasteiger partial charge in [-0.3, -0.25) is 4.79 Å². The van der Waals surface area contributed by atoms with Gasteiger partial charge in [-0.15, -0.1) is 0 Å². The molecular weight excluding hydrogens is 523 g/mol. The van der Waals surface area contributed by atoms with Crippen LogP contribution in [0.25, 0.3) is 17.1 Å². The fourth-order valence-corrected chi connectivity index (χ4v) is 4.13. The molecule has 1 aliphatic rings. The summed E-state index contributed by atoms with van der Waals surface area (Å²) in [6, 6.07) is 13.3. The maximum atomic E-state index is 13.8. The number of aromatic nitrogens is 4. The minimum absolute atomic E-state index is 0.00924. The molecule has 0 radical (unpaired) electrons. The number of amides is 1. The lowest BCUT2D eigenvalue weighted by Gasteiger charge is -2.26. The number of hydrogen-bond acceptors (Lipinski definition) is 7. The monoisotopic (exact) mass is 539 g/mol. The summed E-state index contributed by atoms with van der Waals surface area (Å²) in [5.74, 6) is -0.233. The zero-order chi connectivity index (χ0) is 26.9. The molecule has 1 saturated heterocycles. The summed E-state index contributed by atoms with van der Waals surface area (Å²) in [7, 11) is 0. The molecule has 2 aromatic heterocycles. The third kappa shape index (κ3) is 5.15. The van der Waals surface area contributed by atoms with E-state index in [1.807, 2.05) is 6.07 Å². The molecule has 4 aromatic rings. The molecule has 2 aromatic carbocycles. The Morgan fingerprint density at radius 3 is 2.61 bits per heavy atom. The first kappa shape index (κ1) is 25.2. The van der Waals surface area contributed by atoms with Crippen LogP contribution >= 0.6 is 11.6 Å². The highest BCUT2D eigenvalue weighted by Gasteiger charge is 2.36. The molecule has 0 bridgehead atoms. The number of nitriles is 1. The summed E-state index contributed by atoms with van der Waals surface area (Å²) in [6.45, 7) is 0.869. The highest BCUT2D eigenvalue weighted by atomic mass is 35.5. The Morgan fingerprint density at radius 2 is 1.92 bits per heavy atom. The first-order valence-corrected chi connectivity index (χ1v) is 11.5. The van der Waals surface area contributed by atoms with Crippen LogP contribution in [0.1, 0.15) is 11.1 Å². The summed E-state index contributed by atoms with van der Waals surface area (Å²) in [4.78, 5) is 25.7. The van der Waals surface area contributed by atoms with Crippen LogP contribution in [0.3, 0.4) is 0 Å². The summed E-state index contributed by atoms with van der Waals surface area (Å²) in [6.07, 6.45) is -1.36. The topological polar surface area (TPSA) is 109 Å². The molecule has 192 valence electrons. The predicted molar refractivity (Wildman–Crippen MR) is 132 cm³/mol. The van der Waals surface area contributed by atoms with E-state index in [9.17, 15) is 18.0 Å². The molecule has 0 spiro atoms. The van der Waals surface area contributed by atoms with Crippen LogP contribution in [-0.2, 0) is 15.7 Å². The largest absolute Gasteiger partial charge is 0.420 e. The number of benzene rings is 2. The molecule has 5 rings (SSSR count). The molecule has 0 unspecified atom stereocenters. The minimum atomic E-state index is -4.73. The van der Waals surface area contributed by atoms with Gasteiger partial charge in [0.2, 0.25) is 5.95 Å². The average Bonchev–Trinajstić information content (AvgIpc) is 3.39. The lowest BCUT2D eigenvalue weighted by molar-refractivity contribution is -0.137. The van der Waals surface area contributed by atoms with Crippen molar-refractivity contribution < 1.29 is 22.7 Å². The zero-order valence-corrected chi connectivity index (χ0v) is 20.2. The second-order valence-corrected chi connectivity index (χ2v) is 8.57. The second-order valence-electron chi connectivity index (χ2n) is 8.17. The Hall–Kier alpha value is -4.47. The van der Waals surface area contributed by atoms with Crippen molar-refractivity contribution in [2.24, 2.45) is 0 Å². The summed E-state index contributed by atoms with van der Waals surface area (Å²) >= 11 is 6.24. The first-order valence-electron chi connectivity index (χ1n) is 11.2. The van der Waals surface area contributed by atoms with Gasteiger partial charge in [-0.25, -0.2) is 15.0 Å². The zero-order valence-electron chi connectivity index (χ0n) is 19.4. The number of nitrogens with one attached hydrogen (secondary N) is 1. The van der Waals surface area contributed by atoms with Crippen molar-refractivity contribution in [3.05, 3.63) is 77.3 Å². The van der Waals surface area contributed by atoms with E-state index in [0.29, 0.717) is 42.0 Å². The Kier molecular flexibility index (Phi) is 6.71. The van der Waals surface area contributed by atoms with Gasteiger partial charge >= 0.3 is 6.18 Å². The van der Waals surface area contributed by atoms with Gasteiger partial charge in [-0.05, 0) is 42.5 Å². The summed E-state index contributed by atoms with van der Waals surface area (Å²) < 4.78 is 48.0. The Labute approximate surface area is 219 Å². The maximum absolute atomic E-state index is 13.8. The van der Waals surface area contributed by atoms with E-state index in [-0.39, 0.29) is 29.2 Å². The number of carbonyl (C=O) groups excluding carboxylic acids is 1. The first-order chi connectivity index (χ1) is 18.2. The van der Waals surface area contributed by atoms with Gasteiger partial charge in [0.05, 0.1) is 28.9 Å². The van der Waals surface area contributed by atoms with Crippen LogP contribution in [0, 0.1) is 11.3 Å². The number of carbonyl (C=O) groups is 1. The fraction of sp³-hybridized carbons (Fsp3) is 0.160. The van der Waals surface area contributed by atoms with Gasteiger partial charge in [-0.2, -0.15) is 18.4 Å². The molecule has 1 fully saturated rings. The van der Waals surface area contributed by atoms with Crippen molar-refractivity contribution >= 4 is 34.8 Å². The normalized spacial score (nSPS) is 13.9. The number of rotatable bonds is 5. The van der Waals surface area contributed by atoms with E-state index in [2.05, 4.69) is 20.3 Å². The van der Waals surface area contributed by atoms with Crippen LogP contribution in [0.2, 0.25) is 5.02 Å². The van der Waals surface area contributed by atoms with Crippen LogP contribution in [0.5, 0.6) is 0 Å². The molecule has 38 heavy (non-hydrogen) atoms. The molecule has 1 N–H and O–H groups in total. The number of halogens is 4. The van der Waals surface area contributed by atoms with Crippen LogP contribution in [0.4, 0.5) is 30.5 Å². The van der Waals surface area contributed by atoms with Gasteiger partial charge in [0.25, 0.3) is 5.91 Å². The van der Waals surface area contributed by atoms with E-state index in [0.717, 1.165) is 0 Å². The van der Waals surface area contributed by atoms with E-state index in [4.69, 9.17) is 21.6 Å². The number of morpholine rings is 1. The molecule has 0 saturated carbocycles. The third-order valence-corrected chi connectivity index (χ3v) is 6.00.